The van der Waals surface area contributed by atoms with E-state index in [1.165, 1.54) is 11.1 Å². The van der Waals surface area contributed by atoms with Gasteiger partial charge in [0.1, 0.15) is 11.4 Å². The average Bonchev–Trinajstić information content (AvgIpc) is 3.72. The molecule has 4 aliphatic heterocycles. The summed E-state index contributed by atoms with van der Waals surface area (Å²) in [6, 6.07) is 16.3. The maximum absolute atomic E-state index is 11.8. The molecule has 3 aromatic carbocycles. The molecule has 0 radical (unpaired) electrons. The van der Waals surface area contributed by atoms with Crippen LogP contribution in [0, 0.1) is 0 Å². The van der Waals surface area contributed by atoms with Gasteiger partial charge in [-0.15, -0.1) is 0 Å². The van der Waals surface area contributed by atoms with Crippen LogP contribution in [0.2, 0.25) is 10.0 Å². The van der Waals surface area contributed by atoms with Gasteiger partial charge in [0.2, 0.25) is 17.7 Å². The van der Waals surface area contributed by atoms with E-state index in [9.17, 15) is 9.59 Å². The fourth-order valence-electron chi connectivity index (χ4n) is 8.18. The van der Waals surface area contributed by atoms with Crippen molar-refractivity contribution in [3.05, 3.63) is 81.6 Å². The van der Waals surface area contributed by atoms with E-state index in [1.807, 2.05) is 36.4 Å². The van der Waals surface area contributed by atoms with Gasteiger partial charge in [0.15, 0.2) is 0 Å². The predicted octanol–water partition coefficient (Wildman–Crippen LogP) is 5.90. The van der Waals surface area contributed by atoms with Gasteiger partial charge in [0, 0.05) is 80.4 Å². The minimum Gasteiger partial charge on any atom is -0.496 e. The second kappa shape index (κ2) is 13.7. The van der Waals surface area contributed by atoms with Crippen molar-refractivity contribution < 1.29 is 19.1 Å². The van der Waals surface area contributed by atoms with Gasteiger partial charge in [0.25, 0.3) is 0 Å². The number of halogens is 2. The predicted molar refractivity (Wildman–Crippen MR) is 197 cm³/mol. The van der Waals surface area contributed by atoms with Crippen LogP contribution in [0.25, 0.3) is 33.5 Å². The molecule has 264 valence electrons. The van der Waals surface area contributed by atoms with Gasteiger partial charge < -0.3 is 20.1 Å². The molecule has 4 aliphatic rings. The molecule has 1 aromatic heterocycles. The summed E-state index contributed by atoms with van der Waals surface area (Å²) < 4.78 is 11.6. The Morgan fingerprint density at radius 3 is 2.33 bits per heavy atom. The second-order valence-electron chi connectivity index (χ2n) is 14.1. The number of rotatable bonds is 9. The fourth-order valence-corrected chi connectivity index (χ4v) is 8.84. The van der Waals surface area contributed by atoms with Gasteiger partial charge in [0.05, 0.1) is 41.7 Å². The van der Waals surface area contributed by atoms with Crippen LogP contribution in [0.15, 0.2) is 54.7 Å². The minimum atomic E-state index is -0.104. The number of carbonyl (C=O) groups is 2. The Kier molecular flexibility index (Phi) is 9.12. The van der Waals surface area contributed by atoms with E-state index in [1.54, 1.807) is 20.4 Å². The van der Waals surface area contributed by atoms with Crippen LogP contribution >= 0.6 is 23.2 Å². The highest BCUT2D eigenvalue weighted by Crippen LogP contribution is 2.44. The van der Waals surface area contributed by atoms with Gasteiger partial charge in [-0.2, -0.15) is 0 Å². The van der Waals surface area contributed by atoms with Crippen LogP contribution in [-0.4, -0.2) is 83.6 Å². The number of nitrogens with zero attached hydrogens (tertiary/aromatic N) is 4. The highest BCUT2D eigenvalue weighted by Gasteiger charge is 2.47. The third-order valence-electron chi connectivity index (χ3n) is 10.7. The molecular weight excluding hydrogens is 687 g/mol. The van der Waals surface area contributed by atoms with E-state index < -0.39 is 0 Å². The van der Waals surface area contributed by atoms with Crippen molar-refractivity contribution >= 4 is 35.0 Å². The van der Waals surface area contributed by atoms with Crippen LogP contribution < -0.4 is 20.1 Å². The minimum absolute atomic E-state index is 0.104. The van der Waals surface area contributed by atoms with Gasteiger partial charge >= 0.3 is 0 Å². The van der Waals surface area contributed by atoms with E-state index in [2.05, 4.69) is 32.6 Å². The molecule has 1 spiro atoms. The molecule has 3 fully saturated rings. The van der Waals surface area contributed by atoms with E-state index in [0.717, 1.165) is 91.2 Å². The lowest BCUT2D eigenvalue weighted by atomic mass is 9.88. The lowest BCUT2D eigenvalue weighted by Crippen LogP contribution is -2.66. The molecule has 10 nitrogen and oxygen atoms in total. The van der Waals surface area contributed by atoms with Gasteiger partial charge in [-0.1, -0.05) is 59.6 Å². The van der Waals surface area contributed by atoms with Crippen molar-refractivity contribution in [1.29, 1.82) is 0 Å². The molecular formula is C39H40Cl2N6O4. The molecule has 12 heteroatoms. The normalized spacial score (nSPS) is 19.8. The van der Waals surface area contributed by atoms with Crippen molar-refractivity contribution in [2.24, 2.45) is 0 Å². The summed E-state index contributed by atoms with van der Waals surface area (Å²) in [5, 5.41) is 7.33. The highest BCUT2D eigenvalue weighted by molar-refractivity contribution is 6.39. The monoisotopic (exact) mass is 726 g/mol. The van der Waals surface area contributed by atoms with Gasteiger partial charge in [-0.3, -0.25) is 24.4 Å². The average molecular weight is 728 g/mol. The van der Waals surface area contributed by atoms with E-state index >= 15 is 0 Å². The maximum Gasteiger partial charge on any atom is 0.237 e. The Hall–Kier alpha value is -4.22. The topological polar surface area (TPSA) is 109 Å². The van der Waals surface area contributed by atoms with Gasteiger partial charge in [-0.25, -0.2) is 4.98 Å². The Morgan fingerprint density at radius 1 is 0.902 bits per heavy atom. The number of ether oxygens (including phenoxy) is 2. The molecule has 51 heavy (non-hydrogen) atoms. The number of methoxy groups -OCH3 is 2. The number of nitrogens with one attached hydrogen (secondary N) is 2. The number of likely N-dealkylation sites (tertiary alicyclic amines) is 1. The fraction of sp³-hybridized carbons (Fsp3) is 0.385. The zero-order valence-electron chi connectivity index (χ0n) is 28.7. The highest BCUT2D eigenvalue weighted by atomic mass is 35.5. The third kappa shape index (κ3) is 6.55. The first-order valence-electron chi connectivity index (χ1n) is 17.5. The molecule has 5 heterocycles. The molecule has 0 bridgehead atoms. The molecule has 0 aliphatic carbocycles. The standard InChI is InChI=1S/C39H40Cl2N6O4/c1-50-33-16-23(15-24-18-46(14-12-26(24)33)19-25-9-10-34(48)43-25)27-5-3-6-28(36(27)40)29-7-4-8-30(37(29)41)31-17-42-32(38(44-31)51-2)20-47-21-39(22-47)13-11-35(49)45-39/h3-8,15-17,25H,9-14,18-22H2,1-2H3,(H,43,48)(H,45,49)/t25-/m1/s1. The molecule has 1 atom stereocenters. The molecule has 2 N–H and O–H groups in total. The van der Waals surface area contributed by atoms with Crippen molar-refractivity contribution in [2.45, 2.75) is 56.8 Å². The summed E-state index contributed by atoms with van der Waals surface area (Å²) >= 11 is 14.4. The number of hydrogen-bond donors (Lipinski definition) is 2. The van der Waals surface area contributed by atoms with E-state index in [-0.39, 0.29) is 23.4 Å². The van der Waals surface area contributed by atoms with E-state index in [4.69, 9.17) is 42.6 Å². The van der Waals surface area contributed by atoms with Crippen LogP contribution in [0.1, 0.15) is 42.5 Å². The van der Waals surface area contributed by atoms with Crippen LogP contribution in [0.4, 0.5) is 0 Å². The zero-order valence-corrected chi connectivity index (χ0v) is 30.2. The number of fused-ring (bicyclic) bond motifs is 1. The first-order chi connectivity index (χ1) is 24.7. The number of carbonyl (C=O) groups excluding carboxylic acids is 2. The molecule has 3 saturated heterocycles. The number of aromatic nitrogens is 2. The number of amides is 2. The van der Waals surface area contributed by atoms with Crippen LogP contribution in [0.5, 0.6) is 11.6 Å². The van der Waals surface area contributed by atoms with Crippen molar-refractivity contribution in [2.75, 3.05) is 40.4 Å². The molecule has 0 unspecified atom stereocenters. The summed E-state index contributed by atoms with van der Waals surface area (Å²) in [5.41, 5.74) is 7.81. The Balaban J connectivity index is 1.05. The summed E-state index contributed by atoms with van der Waals surface area (Å²) in [6.45, 7) is 4.68. The lowest BCUT2D eigenvalue weighted by Gasteiger charge is -2.47. The van der Waals surface area contributed by atoms with Crippen molar-refractivity contribution in [3.8, 4) is 45.1 Å². The smallest absolute Gasteiger partial charge is 0.237 e. The van der Waals surface area contributed by atoms with Crippen molar-refractivity contribution in [3.63, 3.8) is 0 Å². The van der Waals surface area contributed by atoms with E-state index in [0.29, 0.717) is 41.0 Å². The van der Waals surface area contributed by atoms with Crippen molar-refractivity contribution in [1.82, 2.24) is 30.4 Å². The first-order valence-corrected chi connectivity index (χ1v) is 18.2. The lowest BCUT2D eigenvalue weighted by molar-refractivity contribution is -0.121. The van der Waals surface area contributed by atoms with Crippen LogP contribution in [-0.2, 0) is 29.1 Å². The summed E-state index contributed by atoms with van der Waals surface area (Å²) in [7, 11) is 3.31. The van der Waals surface area contributed by atoms with Gasteiger partial charge in [-0.05, 0) is 48.1 Å². The first kappa shape index (κ1) is 33.9. The zero-order chi connectivity index (χ0) is 35.3. The quantitative estimate of drug-likeness (QED) is 0.220. The summed E-state index contributed by atoms with van der Waals surface area (Å²) in [4.78, 5) is 37.8. The SMILES string of the molecule is COc1cc(-c2cccc(-c3cccc(-c4cnc(CN5CC6(CCC(=O)N6)C5)c(OC)n4)c3Cl)c2Cl)cc2c1CCN(C[C@H]1CCC(=O)N1)C2. The number of hydrogen-bond acceptors (Lipinski definition) is 8. The largest absolute Gasteiger partial charge is 0.496 e. The summed E-state index contributed by atoms with van der Waals surface area (Å²) in [5.74, 6) is 1.56. The molecule has 8 rings (SSSR count). The number of benzene rings is 3. The second-order valence-corrected chi connectivity index (χ2v) is 14.9. The molecule has 0 saturated carbocycles. The Labute approximate surface area is 307 Å². The maximum atomic E-state index is 11.8. The molecule has 2 amide bonds. The Bertz CT molecular complexity index is 2030. The van der Waals surface area contributed by atoms with Crippen LogP contribution in [0.3, 0.4) is 0 Å². The Morgan fingerprint density at radius 2 is 1.65 bits per heavy atom. The third-order valence-corrected chi connectivity index (χ3v) is 11.5. The summed E-state index contributed by atoms with van der Waals surface area (Å²) in [6.07, 6.45) is 5.55. The molecule has 4 aromatic rings.